The van der Waals surface area contributed by atoms with E-state index in [-0.39, 0.29) is 17.2 Å². The van der Waals surface area contributed by atoms with Crippen LogP contribution in [0.3, 0.4) is 0 Å². The molecule has 0 saturated heterocycles. The van der Waals surface area contributed by atoms with Gasteiger partial charge in [0, 0.05) is 34.8 Å². The van der Waals surface area contributed by atoms with E-state index in [2.05, 4.69) is 44.3 Å². The van der Waals surface area contributed by atoms with E-state index < -0.39 is 0 Å². The minimum absolute atomic E-state index is 0.182. The topological polar surface area (TPSA) is 83.1 Å². The van der Waals surface area contributed by atoms with Gasteiger partial charge in [-0.2, -0.15) is 10.1 Å². The van der Waals surface area contributed by atoms with Crippen LogP contribution in [0.2, 0.25) is 0 Å². The number of hydrazone groups is 1. The van der Waals surface area contributed by atoms with Crippen molar-refractivity contribution in [3.8, 4) is 5.82 Å². The molecule has 2 aromatic carbocycles. The van der Waals surface area contributed by atoms with Crippen LogP contribution in [-0.2, 0) is 11.3 Å². The molecule has 0 saturated carbocycles. The zero-order valence-electron chi connectivity index (χ0n) is 18.0. The number of rotatable bonds is 6. The van der Waals surface area contributed by atoms with E-state index in [0.29, 0.717) is 17.2 Å². The van der Waals surface area contributed by atoms with E-state index in [4.69, 9.17) is 0 Å². The Morgan fingerprint density at radius 3 is 2.48 bits per heavy atom. The molecule has 5 rings (SSSR count). The lowest BCUT2D eigenvalue weighted by Gasteiger charge is -2.06. The number of amides is 1. The third-order valence-electron chi connectivity index (χ3n) is 5.48. The predicted octanol–water partition coefficient (Wildman–Crippen LogP) is 3.67. The monoisotopic (exact) mass is 456 g/mol. The highest BCUT2D eigenvalue weighted by molar-refractivity contribution is 7.11. The first-order valence-electron chi connectivity index (χ1n) is 10.6. The highest BCUT2D eigenvalue weighted by atomic mass is 32.1. The molecular formula is C25H22N5O2S+. The fraction of sp³-hybridized carbons (Fsp3) is 0.120. The maximum atomic E-state index is 12.5. The van der Waals surface area contributed by atoms with Gasteiger partial charge in [-0.15, -0.1) is 0 Å². The van der Waals surface area contributed by atoms with Gasteiger partial charge in [-0.1, -0.05) is 42.5 Å². The molecule has 0 atom stereocenters. The Bertz CT molecular complexity index is 1510. The third-order valence-corrected chi connectivity index (χ3v) is 6.28. The zero-order valence-corrected chi connectivity index (χ0v) is 18.8. The minimum Gasteiger partial charge on any atom is -0.340 e. The van der Waals surface area contributed by atoms with Crippen LogP contribution in [0.4, 0.5) is 0 Å². The van der Waals surface area contributed by atoms with Crippen molar-refractivity contribution in [1.29, 1.82) is 0 Å². The third kappa shape index (κ3) is 4.20. The standard InChI is InChI=1S/C25H21N5O2S/c1-17-7-6-13-29(16-17)24-22(33-25(32)27-24)15-26-28-23(31)12-14-30-20-10-4-2-8-18(20)19-9-3-5-11-21(19)30/h2-11,13,15-16H,12,14H2,1H3,(H-,26,27,28,31,32)/p+1. The van der Waals surface area contributed by atoms with Gasteiger partial charge in [0.05, 0.1) is 18.6 Å². The normalized spacial score (nSPS) is 11.5. The van der Waals surface area contributed by atoms with E-state index in [1.165, 1.54) is 17.0 Å². The largest absolute Gasteiger partial charge is 0.390 e. The van der Waals surface area contributed by atoms with Gasteiger partial charge >= 0.3 is 10.7 Å². The molecule has 1 amide bonds. The van der Waals surface area contributed by atoms with Crippen molar-refractivity contribution in [3.63, 3.8) is 0 Å². The number of hydrogen-bond donors (Lipinski definition) is 2. The lowest BCUT2D eigenvalue weighted by Crippen LogP contribution is -2.32. The number of aromatic amines is 1. The molecule has 5 aromatic rings. The number of para-hydroxylation sites is 2. The highest BCUT2D eigenvalue weighted by Crippen LogP contribution is 2.28. The van der Waals surface area contributed by atoms with Gasteiger partial charge in [0.15, 0.2) is 0 Å². The zero-order chi connectivity index (χ0) is 22.8. The first-order chi connectivity index (χ1) is 16.1. The van der Waals surface area contributed by atoms with Gasteiger partial charge in [-0.3, -0.25) is 4.79 Å². The van der Waals surface area contributed by atoms with Crippen molar-refractivity contribution in [2.75, 3.05) is 0 Å². The number of carbonyl (C=O) groups excluding carboxylic acids is 1. The predicted molar refractivity (Wildman–Crippen MR) is 131 cm³/mol. The fourth-order valence-corrected chi connectivity index (χ4v) is 4.73. The molecule has 0 bridgehead atoms. The van der Waals surface area contributed by atoms with Crippen molar-refractivity contribution in [2.24, 2.45) is 5.10 Å². The number of carbonyl (C=O) groups is 1. The molecule has 2 N–H and O–H groups in total. The van der Waals surface area contributed by atoms with Crippen LogP contribution in [0.15, 0.2) is 83.0 Å². The van der Waals surface area contributed by atoms with Crippen molar-refractivity contribution in [3.05, 3.63) is 93.2 Å². The van der Waals surface area contributed by atoms with Crippen molar-refractivity contribution in [1.82, 2.24) is 15.0 Å². The summed E-state index contributed by atoms with van der Waals surface area (Å²) < 4.78 is 4.00. The van der Waals surface area contributed by atoms with E-state index in [1.54, 1.807) is 0 Å². The number of fused-ring (bicyclic) bond motifs is 3. The minimum atomic E-state index is -0.194. The van der Waals surface area contributed by atoms with Crippen molar-refractivity contribution < 1.29 is 9.36 Å². The molecule has 0 aliphatic heterocycles. The Morgan fingerprint density at radius 2 is 1.79 bits per heavy atom. The molecule has 0 radical (unpaired) electrons. The summed E-state index contributed by atoms with van der Waals surface area (Å²) in [6, 6.07) is 20.3. The molecule has 7 nitrogen and oxygen atoms in total. The van der Waals surface area contributed by atoms with Gasteiger partial charge in [0.25, 0.3) is 0 Å². The summed E-state index contributed by atoms with van der Waals surface area (Å²) >= 11 is 1.04. The van der Waals surface area contributed by atoms with Crippen LogP contribution in [0.1, 0.15) is 16.9 Å². The number of thiazole rings is 1. The van der Waals surface area contributed by atoms with Gasteiger partial charge in [-0.05, 0) is 42.0 Å². The second-order valence-corrected chi connectivity index (χ2v) is 8.76. The Labute approximate surface area is 193 Å². The van der Waals surface area contributed by atoms with E-state index in [0.717, 1.165) is 27.9 Å². The van der Waals surface area contributed by atoms with Gasteiger partial charge in [0.1, 0.15) is 4.88 Å². The molecule has 164 valence electrons. The summed E-state index contributed by atoms with van der Waals surface area (Å²) in [4.78, 5) is 27.7. The Kier molecular flexibility index (Phi) is 5.58. The second-order valence-electron chi connectivity index (χ2n) is 7.75. The molecule has 0 aliphatic carbocycles. The SMILES string of the molecule is Cc1ccc[n+](-c2[nH]c(=O)sc2/C=N/NC(=O)CCn2c3ccccc3c3ccccc32)c1. The highest BCUT2D eigenvalue weighted by Gasteiger charge is 2.16. The summed E-state index contributed by atoms with van der Waals surface area (Å²) in [7, 11) is 0. The summed E-state index contributed by atoms with van der Waals surface area (Å²) in [5, 5.41) is 6.44. The van der Waals surface area contributed by atoms with Crippen LogP contribution >= 0.6 is 11.3 Å². The maximum Gasteiger partial charge on any atom is 0.390 e. The molecule has 0 fully saturated rings. The molecule has 3 heterocycles. The lowest BCUT2D eigenvalue weighted by atomic mass is 10.2. The molecule has 0 aliphatic rings. The van der Waals surface area contributed by atoms with E-state index in [9.17, 15) is 9.59 Å². The van der Waals surface area contributed by atoms with E-state index in [1.807, 2.05) is 60.3 Å². The van der Waals surface area contributed by atoms with Crippen LogP contribution < -0.4 is 14.9 Å². The second kappa shape index (κ2) is 8.84. The average Bonchev–Trinajstić information content (AvgIpc) is 3.35. The number of pyridine rings is 1. The molecule has 0 unspecified atom stereocenters. The number of H-pyrrole nitrogens is 1. The molecule has 8 heteroatoms. The van der Waals surface area contributed by atoms with Crippen LogP contribution in [0, 0.1) is 6.92 Å². The van der Waals surface area contributed by atoms with Crippen LogP contribution in [-0.4, -0.2) is 21.7 Å². The molecule has 3 aromatic heterocycles. The van der Waals surface area contributed by atoms with Crippen LogP contribution in [0.25, 0.3) is 27.6 Å². The van der Waals surface area contributed by atoms with E-state index >= 15 is 0 Å². The Morgan fingerprint density at radius 1 is 1.09 bits per heavy atom. The van der Waals surface area contributed by atoms with Crippen molar-refractivity contribution >= 4 is 45.3 Å². The van der Waals surface area contributed by atoms with Crippen molar-refractivity contribution in [2.45, 2.75) is 19.9 Å². The summed E-state index contributed by atoms with van der Waals surface area (Å²) in [6.45, 7) is 2.52. The van der Waals surface area contributed by atoms with Gasteiger partial charge in [-0.25, -0.2) is 14.8 Å². The number of nitrogens with one attached hydrogen (secondary N) is 2. The number of nitrogens with zero attached hydrogens (tertiary/aromatic N) is 3. The smallest absolute Gasteiger partial charge is 0.340 e. The lowest BCUT2D eigenvalue weighted by molar-refractivity contribution is -0.599. The molecular weight excluding hydrogens is 434 g/mol. The fourth-order valence-electron chi connectivity index (χ4n) is 4.02. The summed E-state index contributed by atoms with van der Waals surface area (Å²) in [5.74, 6) is 0.428. The number of benzene rings is 2. The molecule has 0 spiro atoms. The summed E-state index contributed by atoms with van der Waals surface area (Å²) in [5.41, 5.74) is 5.86. The quantitative estimate of drug-likeness (QED) is 0.232. The van der Waals surface area contributed by atoms with Crippen LogP contribution in [0.5, 0.6) is 0 Å². The number of aryl methyl sites for hydroxylation is 2. The summed E-state index contributed by atoms with van der Waals surface area (Å²) in [6.07, 6.45) is 5.56. The number of aromatic nitrogens is 3. The first kappa shape index (κ1) is 20.8. The Balaban J connectivity index is 1.30. The molecule has 33 heavy (non-hydrogen) atoms. The van der Waals surface area contributed by atoms with Gasteiger partial charge in [0.2, 0.25) is 5.91 Å². The van der Waals surface area contributed by atoms with Gasteiger partial charge < -0.3 is 4.57 Å². The first-order valence-corrected chi connectivity index (χ1v) is 11.4. The Hall–Kier alpha value is -4.04. The number of hydrogen-bond acceptors (Lipinski definition) is 4. The average molecular weight is 457 g/mol. The maximum absolute atomic E-state index is 12.5.